The van der Waals surface area contributed by atoms with Crippen molar-refractivity contribution in [2.75, 3.05) is 25.5 Å². The average molecular weight is 329 g/mol. The summed E-state index contributed by atoms with van der Waals surface area (Å²) in [6, 6.07) is 3.12. The molecule has 0 radical (unpaired) electrons. The lowest BCUT2D eigenvalue weighted by molar-refractivity contribution is 0.265. The molecular weight excluding hydrogens is 305 g/mol. The van der Waals surface area contributed by atoms with E-state index in [9.17, 15) is 4.39 Å². The highest BCUT2D eigenvalue weighted by Crippen LogP contribution is 2.22. The number of nitrogens with one attached hydrogen (secondary N) is 1. The number of hydrogen-bond acceptors (Lipinski definition) is 5. The Kier molecular flexibility index (Phi) is 5.69. The van der Waals surface area contributed by atoms with Crippen molar-refractivity contribution in [1.82, 2.24) is 19.9 Å². The van der Waals surface area contributed by atoms with Crippen molar-refractivity contribution in [2.24, 2.45) is 5.92 Å². The van der Waals surface area contributed by atoms with Gasteiger partial charge in [0.05, 0.1) is 23.8 Å². The summed E-state index contributed by atoms with van der Waals surface area (Å²) in [6.45, 7) is 2.57. The Hall–Kier alpha value is -2.08. The van der Waals surface area contributed by atoms with Crippen LogP contribution in [0.5, 0.6) is 0 Å². The molecule has 1 atom stereocenters. The predicted molar refractivity (Wildman–Crippen MR) is 92.1 cm³/mol. The molecule has 0 bridgehead atoms. The quantitative estimate of drug-likeness (QED) is 0.914. The summed E-state index contributed by atoms with van der Waals surface area (Å²) < 4.78 is 13.8. The van der Waals surface area contributed by atoms with Crippen LogP contribution in [0.25, 0.3) is 0 Å². The third kappa shape index (κ3) is 4.47. The van der Waals surface area contributed by atoms with Crippen molar-refractivity contribution in [3.63, 3.8) is 0 Å². The van der Waals surface area contributed by atoms with E-state index in [0.717, 1.165) is 43.9 Å². The third-order valence-corrected chi connectivity index (χ3v) is 4.61. The Morgan fingerprint density at radius 3 is 2.88 bits per heavy atom. The summed E-state index contributed by atoms with van der Waals surface area (Å²) in [4.78, 5) is 15.3. The van der Waals surface area contributed by atoms with Gasteiger partial charge in [-0.15, -0.1) is 0 Å². The Balaban J connectivity index is 1.53. The van der Waals surface area contributed by atoms with Gasteiger partial charge in [-0.2, -0.15) is 0 Å². The fourth-order valence-electron chi connectivity index (χ4n) is 3.22. The van der Waals surface area contributed by atoms with Gasteiger partial charge in [0.1, 0.15) is 11.6 Å². The van der Waals surface area contributed by atoms with Crippen molar-refractivity contribution in [3.8, 4) is 0 Å². The van der Waals surface area contributed by atoms with Crippen LogP contribution in [0.1, 0.15) is 30.7 Å². The van der Waals surface area contributed by atoms with Crippen LogP contribution in [0.2, 0.25) is 0 Å². The van der Waals surface area contributed by atoms with Gasteiger partial charge in [-0.05, 0) is 56.8 Å². The molecule has 0 unspecified atom stereocenters. The summed E-state index contributed by atoms with van der Waals surface area (Å²) in [5.41, 5.74) is 1.59. The highest BCUT2D eigenvalue weighted by Gasteiger charge is 2.19. The maximum absolute atomic E-state index is 13.8. The molecule has 0 amide bonds. The van der Waals surface area contributed by atoms with Gasteiger partial charge in [0.2, 0.25) is 0 Å². The molecule has 1 saturated heterocycles. The number of aromatic nitrogens is 3. The normalized spacial score (nSPS) is 19.0. The van der Waals surface area contributed by atoms with Crippen molar-refractivity contribution in [2.45, 2.75) is 32.2 Å². The highest BCUT2D eigenvalue weighted by molar-refractivity contribution is 5.29. The van der Waals surface area contributed by atoms with Gasteiger partial charge >= 0.3 is 0 Å². The molecule has 0 saturated carbocycles. The SMILES string of the molecule is CNc1cnc(C[C@@H]2CCCN(Cc3ncccc3F)CC2)cn1. The van der Waals surface area contributed by atoms with E-state index in [-0.39, 0.29) is 5.82 Å². The van der Waals surface area contributed by atoms with E-state index >= 15 is 0 Å². The van der Waals surface area contributed by atoms with Crippen LogP contribution < -0.4 is 5.32 Å². The molecule has 1 aliphatic rings. The first-order chi connectivity index (χ1) is 11.7. The smallest absolute Gasteiger partial charge is 0.146 e. The van der Waals surface area contributed by atoms with Crippen LogP contribution in [0.4, 0.5) is 10.2 Å². The first kappa shape index (κ1) is 16.8. The molecule has 6 heteroatoms. The molecule has 3 heterocycles. The van der Waals surface area contributed by atoms with Gasteiger partial charge in [0, 0.05) is 19.8 Å². The number of nitrogens with zero attached hydrogens (tertiary/aromatic N) is 4. The number of hydrogen-bond donors (Lipinski definition) is 1. The second kappa shape index (κ2) is 8.15. The number of rotatable bonds is 5. The van der Waals surface area contributed by atoms with Gasteiger partial charge in [0.25, 0.3) is 0 Å². The first-order valence-electron chi connectivity index (χ1n) is 8.55. The van der Waals surface area contributed by atoms with Gasteiger partial charge in [-0.3, -0.25) is 14.9 Å². The number of pyridine rings is 1. The van der Waals surface area contributed by atoms with Crippen LogP contribution in [0.15, 0.2) is 30.7 Å². The number of anilines is 1. The van der Waals surface area contributed by atoms with Gasteiger partial charge in [-0.25, -0.2) is 9.37 Å². The average Bonchev–Trinajstić information content (AvgIpc) is 2.83. The number of likely N-dealkylation sites (tertiary alicyclic amines) is 1. The minimum atomic E-state index is -0.210. The molecule has 1 aliphatic heterocycles. The van der Waals surface area contributed by atoms with Crippen LogP contribution in [0, 0.1) is 11.7 Å². The topological polar surface area (TPSA) is 53.9 Å². The summed E-state index contributed by atoms with van der Waals surface area (Å²) in [7, 11) is 1.84. The van der Waals surface area contributed by atoms with E-state index in [1.165, 1.54) is 12.5 Å². The lowest BCUT2D eigenvalue weighted by atomic mass is 9.95. The van der Waals surface area contributed by atoms with E-state index in [0.29, 0.717) is 18.2 Å². The van der Waals surface area contributed by atoms with Crippen molar-refractivity contribution in [1.29, 1.82) is 0 Å². The maximum atomic E-state index is 13.8. The molecule has 0 spiro atoms. The molecular formula is C18H24FN5. The van der Waals surface area contributed by atoms with Crippen molar-refractivity contribution < 1.29 is 4.39 Å². The van der Waals surface area contributed by atoms with Crippen molar-refractivity contribution in [3.05, 3.63) is 47.9 Å². The molecule has 24 heavy (non-hydrogen) atoms. The molecule has 1 N–H and O–H groups in total. The molecule has 1 fully saturated rings. The van der Waals surface area contributed by atoms with Gasteiger partial charge in [0.15, 0.2) is 0 Å². The largest absolute Gasteiger partial charge is 0.372 e. The summed E-state index contributed by atoms with van der Waals surface area (Å²) in [5, 5.41) is 2.98. The van der Waals surface area contributed by atoms with E-state index in [4.69, 9.17) is 0 Å². The van der Waals surface area contributed by atoms with Crippen molar-refractivity contribution >= 4 is 5.82 Å². The fraction of sp³-hybridized carbons (Fsp3) is 0.500. The Morgan fingerprint density at radius 1 is 1.21 bits per heavy atom. The van der Waals surface area contributed by atoms with Crippen LogP contribution in [-0.2, 0) is 13.0 Å². The summed E-state index contributed by atoms with van der Waals surface area (Å²) >= 11 is 0. The maximum Gasteiger partial charge on any atom is 0.146 e. The Bertz CT molecular complexity index is 646. The summed E-state index contributed by atoms with van der Waals surface area (Å²) in [6.07, 6.45) is 9.66. The first-order valence-corrected chi connectivity index (χ1v) is 8.55. The second-order valence-corrected chi connectivity index (χ2v) is 6.35. The van der Waals surface area contributed by atoms with Crippen LogP contribution in [0.3, 0.4) is 0 Å². The zero-order chi connectivity index (χ0) is 16.8. The molecule has 128 valence electrons. The standard InChI is InChI=1S/C18H24FN5/c1-20-18-12-22-15(11-23-18)10-14-4-3-8-24(9-6-14)13-17-16(19)5-2-7-21-17/h2,5,7,11-12,14H,3-4,6,8-10,13H2,1H3,(H,20,23)/t14-/m1/s1. The zero-order valence-electron chi connectivity index (χ0n) is 14.1. The van der Waals surface area contributed by atoms with E-state index < -0.39 is 0 Å². The van der Waals surface area contributed by atoms with E-state index in [1.54, 1.807) is 18.5 Å². The second-order valence-electron chi connectivity index (χ2n) is 6.35. The fourth-order valence-corrected chi connectivity index (χ4v) is 3.22. The minimum absolute atomic E-state index is 0.210. The predicted octanol–water partition coefficient (Wildman–Crippen LogP) is 2.90. The van der Waals surface area contributed by atoms with Gasteiger partial charge in [-0.1, -0.05) is 0 Å². The van der Waals surface area contributed by atoms with Gasteiger partial charge < -0.3 is 5.32 Å². The Labute approximate surface area is 142 Å². The third-order valence-electron chi connectivity index (χ3n) is 4.61. The molecule has 0 aliphatic carbocycles. The van der Waals surface area contributed by atoms with E-state index in [2.05, 4.69) is 25.2 Å². The minimum Gasteiger partial charge on any atom is -0.372 e. The summed E-state index contributed by atoms with van der Waals surface area (Å²) in [5.74, 6) is 1.19. The Morgan fingerprint density at radius 2 is 2.12 bits per heavy atom. The monoisotopic (exact) mass is 329 g/mol. The molecule has 0 aromatic carbocycles. The highest BCUT2D eigenvalue weighted by atomic mass is 19.1. The molecule has 2 aromatic heterocycles. The van der Waals surface area contributed by atoms with E-state index in [1.807, 2.05) is 13.2 Å². The molecule has 5 nitrogen and oxygen atoms in total. The lowest BCUT2D eigenvalue weighted by Crippen LogP contribution is -2.25. The number of halogens is 1. The zero-order valence-corrected chi connectivity index (χ0v) is 14.1. The lowest BCUT2D eigenvalue weighted by Gasteiger charge is -2.19. The molecule has 3 rings (SSSR count). The van der Waals surface area contributed by atoms with Crippen LogP contribution in [-0.4, -0.2) is 40.0 Å². The molecule has 2 aromatic rings. The van der Waals surface area contributed by atoms with Crippen LogP contribution >= 0.6 is 0 Å².